The van der Waals surface area contributed by atoms with Crippen molar-refractivity contribution in [3.8, 4) is 0 Å². The molecule has 0 unspecified atom stereocenters. The van der Waals surface area contributed by atoms with Crippen LogP contribution in [-0.2, 0) is 6.54 Å². The maximum atomic E-state index is 3.53. The molecule has 15 heavy (non-hydrogen) atoms. The molecular formula is C14H21N. The number of benzene rings is 1. The fourth-order valence-corrected chi connectivity index (χ4v) is 2.43. The molecule has 0 amide bonds. The van der Waals surface area contributed by atoms with E-state index in [1.54, 1.807) is 0 Å². The molecule has 2 rings (SSSR count). The van der Waals surface area contributed by atoms with Gasteiger partial charge in [0.25, 0.3) is 0 Å². The van der Waals surface area contributed by atoms with Crippen molar-refractivity contribution in [3.63, 3.8) is 0 Å². The lowest BCUT2D eigenvalue weighted by molar-refractivity contribution is 0.477. The lowest BCUT2D eigenvalue weighted by Gasteiger charge is -2.09. The van der Waals surface area contributed by atoms with Gasteiger partial charge in [-0.05, 0) is 24.4 Å². The Bertz CT molecular complexity index is 262. The van der Waals surface area contributed by atoms with Gasteiger partial charge in [0, 0.05) is 6.54 Å². The second-order valence-corrected chi connectivity index (χ2v) is 4.60. The molecule has 1 aliphatic carbocycles. The highest BCUT2D eigenvalue weighted by molar-refractivity contribution is 5.14. The van der Waals surface area contributed by atoms with E-state index in [4.69, 9.17) is 0 Å². The molecule has 0 spiro atoms. The lowest BCUT2D eigenvalue weighted by Crippen LogP contribution is -2.16. The third kappa shape index (κ3) is 3.67. The van der Waals surface area contributed by atoms with Crippen LogP contribution in [-0.4, -0.2) is 6.54 Å². The topological polar surface area (TPSA) is 12.0 Å². The molecule has 1 aromatic rings. The van der Waals surface area contributed by atoms with E-state index in [2.05, 4.69) is 35.6 Å². The van der Waals surface area contributed by atoms with Gasteiger partial charge in [0.1, 0.15) is 0 Å². The van der Waals surface area contributed by atoms with Crippen LogP contribution in [0.4, 0.5) is 0 Å². The van der Waals surface area contributed by atoms with Crippen LogP contribution in [0.3, 0.4) is 0 Å². The highest BCUT2D eigenvalue weighted by atomic mass is 14.8. The van der Waals surface area contributed by atoms with Crippen molar-refractivity contribution in [2.45, 2.75) is 38.6 Å². The Morgan fingerprint density at radius 2 is 1.80 bits per heavy atom. The van der Waals surface area contributed by atoms with Crippen LogP contribution in [0, 0.1) is 5.92 Å². The molecule has 1 aromatic carbocycles. The van der Waals surface area contributed by atoms with Gasteiger partial charge in [-0.25, -0.2) is 0 Å². The summed E-state index contributed by atoms with van der Waals surface area (Å²) < 4.78 is 0. The number of hydrogen-bond donors (Lipinski definition) is 1. The molecule has 1 saturated carbocycles. The third-order valence-corrected chi connectivity index (χ3v) is 3.38. The summed E-state index contributed by atoms with van der Waals surface area (Å²) in [5.41, 5.74) is 1.39. The molecule has 1 fully saturated rings. The fourth-order valence-electron chi connectivity index (χ4n) is 2.43. The predicted molar refractivity (Wildman–Crippen MR) is 64.7 cm³/mol. The number of nitrogens with one attached hydrogen (secondary N) is 1. The molecular weight excluding hydrogens is 182 g/mol. The lowest BCUT2D eigenvalue weighted by atomic mass is 10.0. The Labute approximate surface area is 92.9 Å². The molecule has 0 heterocycles. The molecule has 0 atom stereocenters. The Balaban J connectivity index is 1.59. The van der Waals surface area contributed by atoms with E-state index < -0.39 is 0 Å². The van der Waals surface area contributed by atoms with Gasteiger partial charge >= 0.3 is 0 Å². The van der Waals surface area contributed by atoms with Gasteiger partial charge in [0.05, 0.1) is 0 Å². The summed E-state index contributed by atoms with van der Waals surface area (Å²) in [5.74, 6) is 1.01. The zero-order valence-electron chi connectivity index (χ0n) is 9.41. The zero-order valence-corrected chi connectivity index (χ0v) is 9.41. The van der Waals surface area contributed by atoms with Crippen molar-refractivity contribution < 1.29 is 0 Å². The maximum absolute atomic E-state index is 3.53. The van der Waals surface area contributed by atoms with Crippen LogP contribution in [0.2, 0.25) is 0 Å². The minimum atomic E-state index is 1.01. The Kier molecular flexibility index (Phi) is 4.22. The van der Waals surface area contributed by atoms with E-state index in [1.807, 2.05) is 0 Å². The molecule has 1 nitrogen and oxygen atoms in total. The van der Waals surface area contributed by atoms with Crippen LogP contribution < -0.4 is 5.32 Å². The van der Waals surface area contributed by atoms with E-state index in [1.165, 1.54) is 44.2 Å². The van der Waals surface area contributed by atoms with Gasteiger partial charge in [0.15, 0.2) is 0 Å². The van der Waals surface area contributed by atoms with E-state index in [-0.39, 0.29) is 0 Å². The van der Waals surface area contributed by atoms with E-state index in [0.717, 1.165) is 12.5 Å². The third-order valence-electron chi connectivity index (χ3n) is 3.38. The highest BCUT2D eigenvalue weighted by Gasteiger charge is 2.13. The molecule has 0 bridgehead atoms. The number of hydrogen-bond acceptors (Lipinski definition) is 1. The summed E-state index contributed by atoms with van der Waals surface area (Å²) in [6.45, 7) is 2.20. The standard InChI is InChI=1S/C14H21N/c1-2-8-14(9-3-1)12-15-11-10-13-6-4-5-7-13/h1-3,8-9,13,15H,4-7,10-12H2. The molecule has 0 aromatic heterocycles. The van der Waals surface area contributed by atoms with Crippen molar-refractivity contribution in [1.82, 2.24) is 5.32 Å². The van der Waals surface area contributed by atoms with Crippen molar-refractivity contribution in [2.24, 2.45) is 5.92 Å². The minimum Gasteiger partial charge on any atom is -0.313 e. The largest absolute Gasteiger partial charge is 0.313 e. The molecule has 1 heteroatoms. The molecule has 0 saturated heterocycles. The molecule has 0 aliphatic heterocycles. The van der Waals surface area contributed by atoms with Gasteiger partial charge in [-0.2, -0.15) is 0 Å². The van der Waals surface area contributed by atoms with Crippen molar-refractivity contribution >= 4 is 0 Å². The van der Waals surface area contributed by atoms with Crippen LogP contribution in [0.25, 0.3) is 0 Å². The average Bonchev–Trinajstić information content (AvgIpc) is 2.79. The zero-order chi connectivity index (χ0) is 10.3. The first-order valence-corrected chi connectivity index (χ1v) is 6.20. The minimum absolute atomic E-state index is 1.01. The van der Waals surface area contributed by atoms with E-state index in [9.17, 15) is 0 Å². The van der Waals surface area contributed by atoms with E-state index >= 15 is 0 Å². The first kappa shape index (κ1) is 10.7. The van der Waals surface area contributed by atoms with Crippen molar-refractivity contribution in [2.75, 3.05) is 6.54 Å². The summed E-state index contributed by atoms with van der Waals surface area (Å²) >= 11 is 0. The first-order valence-electron chi connectivity index (χ1n) is 6.20. The Morgan fingerprint density at radius 3 is 2.53 bits per heavy atom. The van der Waals surface area contributed by atoms with E-state index in [0.29, 0.717) is 0 Å². The normalized spacial score (nSPS) is 17.1. The monoisotopic (exact) mass is 203 g/mol. The fraction of sp³-hybridized carbons (Fsp3) is 0.571. The second kappa shape index (κ2) is 5.92. The SMILES string of the molecule is c1ccc(CNCCC2CCCC2)cc1. The maximum Gasteiger partial charge on any atom is 0.0205 e. The molecule has 0 radical (unpaired) electrons. The second-order valence-electron chi connectivity index (χ2n) is 4.60. The summed E-state index contributed by atoms with van der Waals surface area (Å²) in [6, 6.07) is 10.6. The molecule has 1 aliphatic rings. The van der Waals surface area contributed by atoms with Crippen LogP contribution >= 0.6 is 0 Å². The summed E-state index contributed by atoms with van der Waals surface area (Å²) in [7, 11) is 0. The summed E-state index contributed by atoms with van der Waals surface area (Å²) in [5, 5.41) is 3.53. The van der Waals surface area contributed by atoms with Crippen LogP contribution in [0.1, 0.15) is 37.7 Å². The first-order chi connectivity index (χ1) is 7.45. The van der Waals surface area contributed by atoms with Crippen LogP contribution in [0.5, 0.6) is 0 Å². The van der Waals surface area contributed by atoms with Gasteiger partial charge in [-0.3, -0.25) is 0 Å². The van der Waals surface area contributed by atoms with Crippen molar-refractivity contribution in [1.29, 1.82) is 0 Å². The predicted octanol–water partition coefficient (Wildman–Crippen LogP) is 3.36. The Morgan fingerprint density at radius 1 is 1.07 bits per heavy atom. The van der Waals surface area contributed by atoms with Crippen LogP contribution in [0.15, 0.2) is 30.3 Å². The van der Waals surface area contributed by atoms with Gasteiger partial charge in [0.2, 0.25) is 0 Å². The van der Waals surface area contributed by atoms with Gasteiger partial charge in [-0.1, -0.05) is 56.0 Å². The highest BCUT2D eigenvalue weighted by Crippen LogP contribution is 2.26. The van der Waals surface area contributed by atoms with Gasteiger partial charge in [-0.15, -0.1) is 0 Å². The molecule has 82 valence electrons. The number of rotatable bonds is 5. The average molecular weight is 203 g/mol. The Hall–Kier alpha value is -0.820. The smallest absolute Gasteiger partial charge is 0.0205 e. The molecule has 1 N–H and O–H groups in total. The van der Waals surface area contributed by atoms with Gasteiger partial charge < -0.3 is 5.32 Å². The summed E-state index contributed by atoms with van der Waals surface area (Å²) in [6.07, 6.45) is 7.22. The summed E-state index contributed by atoms with van der Waals surface area (Å²) in [4.78, 5) is 0. The van der Waals surface area contributed by atoms with Crippen molar-refractivity contribution in [3.05, 3.63) is 35.9 Å². The quantitative estimate of drug-likeness (QED) is 0.724.